The van der Waals surface area contributed by atoms with Crippen LogP contribution in [0.15, 0.2) is 29.0 Å². The van der Waals surface area contributed by atoms with Crippen LogP contribution in [0.25, 0.3) is 0 Å². The number of nitrogens with one attached hydrogen (secondary N) is 4. The number of urea groups is 1. The Hall–Kier alpha value is -3.30. The lowest BCUT2D eigenvalue weighted by molar-refractivity contribution is -0.145. The van der Waals surface area contributed by atoms with Crippen molar-refractivity contribution in [1.29, 1.82) is 0 Å². The van der Waals surface area contributed by atoms with E-state index in [0.717, 1.165) is 11.3 Å². The predicted molar refractivity (Wildman–Crippen MR) is 196 cm³/mol. The Balaban J connectivity index is 1.53. The quantitative estimate of drug-likeness (QED) is 0.167. The Morgan fingerprint density at radius 3 is 2.29 bits per heavy atom. The van der Waals surface area contributed by atoms with Gasteiger partial charge in [0.05, 0.1) is 10.9 Å². The molecule has 6 atom stereocenters. The first-order valence-corrected chi connectivity index (χ1v) is 20.1. The van der Waals surface area contributed by atoms with Gasteiger partial charge in [0.15, 0.2) is 0 Å². The number of likely N-dealkylation sites (tertiary alicyclic amines) is 1. The Bertz CT molecular complexity index is 1640. The number of amides is 5. The van der Waals surface area contributed by atoms with Gasteiger partial charge >= 0.3 is 6.03 Å². The number of hydrogen-bond donors (Lipinski definition) is 4. The molecule has 4 N–H and O–H groups in total. The molecule has 1 unspecified atom stereocenters. The number of sulfonamides is 1. The fourth-order valence-electron chi connectivity index (χ4n) is 7.26. The van der Waals surface area contributed by atoms with Gasteiger partial charge in [0, 0.05) is 37.1 Å². The molecule has 51 heavy (non-hydrogen) atoms. The van der Waals surface area contributed by atoms with E-state index in [4.69, 9.17) is 0 Å². The molecule has 0 radical (unpaired) electrons. The van der Waals surface area contributed by atoms with Crippen LogP contribution in [-0.2, 0) is 35.7 Å². The highest BCUT2D eigenvalue weighted by atomic mass is 32.2. The van der Waals surface area contributed by atoms with Crippen LogP contribution in [0, 0.1) is 28.1 Å². The summed E-state index contributed by atoms with van der Waals surface area (Å²) in [5.74, 6) is -2.61. The predicted octanol–water partition coefficient (Wildman–Crippen LogP) is 3.41. The molecule has 1 saturated carbocycles. The van der Waals surface area contributed by atoms with Gasteiger partial charge in [-0.25, -0.2) is 13.2 Å². The zero-order chi connectivity index (χ0) is 38.3. The van der Waals surface area contributed by atoms with Gasteiger partial charge in [-0.15, -0.1) is 17.9 Å². The lowest BCUT2D eigenvalue weighted by Crippen LogP contribution is -2.62. The molecule has 2 fully saturated rings. The average Bonchev–Trinajstić information content (AvgIpc) is 3.48. The number of fused-ring (bicyclic) bond motifs is 2. The molecular formula is C36H56N6O7S2. The molecule has 5 amide bonds. The van der Waals surface area contributed by atoms with Crippen molar-refractivity contribution in [2.45, 2.75) is 117 Å². The maximum absolute atomic E-state index is 14.5. The summed E-state index contributed by atoms with van der Waals surface area (Å²) >= 11 is 1.38. The van der Waals surface area contributed by atoms with E-state index in [2.05, 4.69) is 27.8 Å². The van der Waals surface area contributed by atoms with E-state index in [1.807, 2.05) is 62.3 Å². The molecule has 1 saturated heterocycles. The second kappa shape index (κ2) is 15.0. The smallest absolute Gasteiger partial charge is 0.315 e. The highest BCUT2D eigenvalue weighted by molar-refractivity contribution is 7.89. The summed E-state index contributed by atoms with van der Waals surface area (Å²) in [6.07, 6.45) is 3.09. The fraction of sp³-hybridized carbons (Fsp3) is 0.694. The first-order chi connectivity index (χ1) is 23.6. The van der Waals surface area contributed by atoms with Gasteiger partial charge < -0.3 is 26.2 Å². The van der Waals surface area contributed by atoms with Crippen LogP contribution in [0.2, 0.25) is 0 Å². The molecule has 0 spiro atoms. The van der Waals surface area contributed by atoms with Gasteiger partial charge in [-0.2, -0.15) is 4.31 Å². The second-order valence-corrected chi connectivity index (χ2v) is 19.7. The Morgan fingerprint density at radius 1 is 1.06 bits per heavy atom. The third-order valence-corrected chi connectivity index (χ3v) is 13.6. The molecule has 284 valence electrons. The number of ketones is 1. The molecule has 0 aromatic carbocycles. The minimum Gasteiger partial charge on any atom is -0.346 e. The number of unbranched alkanes of at least 4 members (excludes halogenated alkanes) is 1. The summed E-state index contributed by atoms with van der Waals surface area (Å²) < 4.78 is 27.8. The van der Waals surface area contributed by atoms with Crippen molar-refractivity contribution in [2.24, 2.45) is 28.1 Å². The van der Waals surface area contributed by atoms with Crippen LogP contribution in [0.5, 0.6) is 0 Å². The van der Waals surface area contributed by atoms with Crippen molar-refractivity contribution in [3.8, 4) is 0 Å². The highest BCUT2D eigenvalue weighted by Crippen LogP contribution is 2.65. The van der Waals surface area contributed by atoms with Crippen molar-refractivity contribution in [3.63, 3.8) is 0 Å². The van der Waals surface area contributed by atoms with Crippen LogP contribution >= 0.6 is 11.3 Å². The number of thiophene rings is 1. The van der Waals surface area contributed by atoms with Gasteiger partial charge in [0.25, 0.3) is 5.91 Å². The number of carbonyl (C=O) groups excluding carboxylic acids is 5. The highest BCUT2D eigenvalue weighted by Gasteiger charge is 2.70. The van der Waals surface area contributed by atoms with E-state index in [0.29, 0.717) is 17.9 Å². The van der Waals surface area contributed by atoms with E-state index in [1.54, 1.807) is 11.4 Å². The Morgan fingerprint density at radius 2 is 1.73 bits per heavy atom. The van der Waals surface area contributed by atoms with Crippen LogP contribution in [0.1, 0.15) is 86.5 Å². The maximum Gasteiger partial charge on any atom is 0.315 e. The largest absolute Gasteiger partial charge is 0.346 e. The number of Topliss-reactive ketones (excluding diaryl/α,β-unsaturated/α-hetero) is 1. The summed E-state index contributed by atoms with van der Waals surface area (Å²) in [7, 11) is -3.69. The number of piperidine rings is 1. The lowest BCUT2D eigenvalue weighted by Gasteiger charge is -2.39. The molecule has 4 rings (SSSR count). The number of rotatable bonds is 14. The Labute approximate surface area is 306 Å². The van der Waals surface area contributed by atoms with Crippen molar-refractivity contribution in [2.75, 3.05) is 19.6 Å². The molecular weight excluding hydrogens is 693 g/mol. The second-order valence-electron chi connectivity index (χ2n) is 16.8. The number of hydrogen-bond acceptors (Lipinski definition) is 8. The first kappa shape index (κ1) is 40.5. The molecule has 3 heterocycles. The maximum atomic E-state index is 14.5. The third kappa shape index (κ3) is 8.51. The van der Waals surface area contributed by atoms with Gasteiger partial charge in [-0.3, -0.25) is 19.2 Å². The van der Waals surface area contributed by atoms with Gasteiger partial charge in [-0.05, 0) is 45.9 Å². The van der Waals surface area contributed by atoms with E-state index in [-0.39, 0.29) is 43.3 Å². The third-order valence-electron chi connectivity index (χ3n) is 10.6. The van der Waals surface area contributed by atoms with E-state index in [9.17, 15) is 32.4 Å². The Kier molecular flexibility index (Phi) is 11.9. The van der Waals surface area contributed by atoms with Crippen LogP contribution < -0.4 is 21.3 Å². The molecule has 1 aromatic heterocycles. The summed E-state index contributed by atoms with van der Waals surface area (Å²) in [5.41, 5.74) is -1.53. The lowest BCUT2D eigenvalue weighted by atomic mass is 9.85. The van der Waals surface area contributed by atoms with Crippen LogP contribution in [0.4, 0.5) is 4.79 Å². The van der Waals surface area contributed by atoms with Crippen LogP contribution in [0.3, 0.4) is 0 Å². The normalized spacial score (nSPS) is 23.6. The minimum atomic E-state index is -3.69. The summed E-state index contributed by atoms with van der Waals surface area (Å²) in [6.45, 7) is 21.5. The topological polar surface area (TPSA) is 174 Å². The van der Waals surface area contributed by atoms with Gasteiger partial charge in [-0.1, -0.05) is 81.2 Å². The van der Waals surface area contributed by atoms with Crippen molar-refractivity contribution in [1.82, 2.24) is 30.5 Å². The van der Waals surface area contributed by atoms with E-state index in [1.165, 1.54) is 26.6 Å². The molecule has 13 nitrogen and oxygen atoms in total. The minimum absolute atomic E-state index is 0.0447. The molecule has 1 aromatic rings. The monoisotopic (exact) mass is 748 g/mol. The van der Waals surface area contributed by atoms with Crippen molar-refractivity contribution < 1.29 is 32.4 Å². The van der Waals surface area contributed by atoms with E-state index < -0.39 is 74.6 Å². The zero-order valence-electron chi connectivity index (χ0n) is 31.4. The summed E-state index contributed by atoms with van der Waals surface area (Å²) in [4.78, 5) is 70.5. The van der Waals surface area contributed by atoms with Gasteiger partial charge in [0.2, 0.25) is 27.6 Å². The SMILES string of the molecule is C=CCNC(=O)C(=O)C(CCCC)NC(=O)[C@@H]1[C@@H]2[C@H](CN1C(=O)[C@@H](NC(=O)N[C@H](CN1Cc3sccc3S1(=O)=O)C(C)(C)C)C(C)(C)C)C2(C)C. The summed E-state index contributed by atoms with van der Waals surface area (Å²) in [5, 5.41) is 12.9. The van der Waals surface area contributed by atoms with E-state index >= 15 is 0 Å². The number of carbonyl (C=O) groups is 5. The molecule has 3 aliphatic rings. The van der Waals surface area contributed by atoms with Gasteiger partial charge in [0.1, 0.15) is 12.1 Å². The number of nitrogens with zero attached hydrogens (tertiary/aromatic N) is 2. The van der Waals surface area contributed by atoms with Crippen molar-refractivity contribution in [3.05, 3.63) is 29.0 Å². The fourth-order valence-corrected chi connectivity index (χ4v) is 10.2. The van der Waals surface area contributed by atoms with Crippen molar-refractivity contribution >= 4 is 50.9 Å². The summed E-state index contributed by atoms with van der Waals surface area (Å²) in [6, 6.07) is -2.62. The molecule has 1 aliphatic carbocycles. The molecule has 2 aliphatic heterocycles. The zero-order valence-corrected chi connectivity index (χ0v) is 33.1. The van der Waals surface area contributed by atoms with Crippen LogP contribution in [-0.4, -0.2) is 91.0 Å². The molecule has 0 bridgehead atoms. The molecule has 15 heteroatoms. The average molecular weight is 749 g/mol. The standard InChI is InChI=1S/C36H56N6O7S2/c1-11-13-14-22(28(43)31(45)37-16-12-2)38-30(44)27-26-21(36(26,9)10)18-42(27)32(46)29(35(6,7)8)40-33(47)39-25(34(3,4)5)20-41-19-23-24(15-17-50-23)51(41,48)49/h12,15,17,21-22,25-27,29H,2,11,13-14,16,18-20H2,1,3-10H3,(H,37,45)(H,38,44)(H2,39,40,47)/t21-,22?,25+,26-,27-,29+/m0/s1. The first-order valence-electron chi connectivity index (χ1n) is 17.7.